The van der Waals surface area contributed by atoms with Crippen molar-refractivity contribution in [2.75, 3.05) is 26.2 Å². The molecule has 0 aromatic heterocycles. The highest BCUT2D eigenvalue weighted by atomic mass is 19.4. The smallest absolute Gasteiger partial charge is 0.314 e. The molecule has 0 spiro atoms. The van der Waals surface area contributed by atoms with Gasteiger partial charge in [0, 0.05) is 32.2 Å². The van der Waals surface area contributed by atoms with Gasteiger partial charge in [-0.2, -0.15) is 26.3 Å². The van der Waals surface area contributed by atoms with Crippen LogP contribution in [0.4, 0.5) is 26.3 Å². The van der Waals surface area contributed by atoms with Crippen LogP contribution in [-0.2, 0) is 12.4 Å². The van der Waals surface area contributed by atoms with Crippen LogP contribution in [0.2, 0.25) is 0 Å². The third-order valence-corrected chi connectivity index (χ3v) is 4.20. The molecule has 0 radical (unpaired) electrons. The molecule has 1 aromatic carbocycles. The fourth-order valence-corrected chi connectivity index (χ4v) is 3.07. The fraction of sp³-hybridized carbons (Fsp3) is 0.625. The van der Waals surface area contributed by atoms with Gasteiger partial charge >= 0.3 is 12.4 Å². The number of alkyl halides is 6. The van der Waals surface area contributed by atoms with Crippen molar-refractivity contribution in [3.63, 3.8) is 0 Å². The van der Waals surface area contributed by atoms with Gasteiger partial charge in [0.15, 0.2) is 0 Å². The van der Waals surface area contributed by atoms with E-state index in [0.29, 0.717) is 57.2 Å². The average Bonchev–Trinajstić information content (AvgIpc) is 2.51. The molecular formula is C16H20F6N2. The Kier molecular flexibility index (Phi) is 5.80. The van der Waals surface area contributed by atoms with Gasteiger partial charge in [0.05, 0.1) is 11.1 Å². The first-order valence-electron chi connectivity index (χ1n) is 7.87. The summed E-state index contributed by atoms with van der Waals surface area (Å²) in [5, 5.41) is 3.10. The first-order valence-corrected chi connectivity index (χ1v) is 7.87. The summed E-state index contributed by atoms with van der Waals surface area (Å²) in [6, 6.07) is 1.07. The molecule has 1 aromatic rings. The number of hydrogen-bond acceptors (Lipinski definition) is 2. The van der Waals surface area contributed by atoms with Gasteiger partial charge in [-0.25, -0.2) is 0 Å². The molecule has 1 aliphatic rings. The van der Waals surface area contributed by atoms with Gasteiger partial charge in [-0.15, -0.1) is 0 Å². The number of halogens is 6. The molecule has 24 heavy (non-hydrogen) atoms. The molecule has 8 heteroatoms. The topological polar surface area (TPSA) is 15.3 Å². The van der Waals surface area contributed by atoms with Gasteiger partial charge in [-0.05, 0) is 30.2 Å². The van der Waals surface area contributed by atoms with Crippen molar-refractivity contribution >= 4 is 0 Å². The first kappa shape index (κ1) is 19.1. The number of hydrogen-bond donors (Lipinski definition) is 1. The van der Waals surface area contributed by atoms with Crippen molar-refractivity contribution in [2.45, 2.75) is 38.2 Å². The van der Waals surface area contributed by atoms with Crippen LogP contribution < -0.4 is 5.32 Å². The Morgan fingerprint density at radius 1 is 1.04 bits per heavy atom. The summed E-state index contributed by atoms with van der Waals surface area (Å²) in [5.74, 6) is 0. The first-order chi connectivity index (χ1) is 11.1. The molecule has 1 aliphatic heterocycles. The number of nitrogens with one attached hydrogen (secondary N) is 1. The highest BCUT2D eigenvalue weighted by molar-refractivity contribution is 5.37. The second kappa shape index (κ2) is 7.31. The Labute approximate surface area is 136 Å². The third-order valence-electron chi connectivity index (χ3n) is 4.20. The molecule has 136 valence electrons. The number of rotatable bonds is 4. The minimum atomic E-state index is -4.68. The Morgan fingerprint density at radius 3 is 2.17 bits per heavy atom. The molecule has 2 rings (SSSR count). The molecule has 1 fully saturated rings. The molecule has 1 heterocycles. The Bertz CT molecular complexity index is 546. The van der Waals surface area contributed by atoms with Crippen molar-refractivity contribution < 1.29 is 26.3 Å². The zero-order chi connectivity index (χ0) is 18.0. The van der Waals surface area contributed by atoms with Crippen LogP contribution in [0.3, 0.4) is 0 Å². The highest BCUT2D eigenvalue weighted by Crippen LogP contribution is 2.41. The number of piperazine rings is 1. The molecule has 0 amide bonds. The lowest BCUT2D eigenvalue weighted by atomic mass is 9.92. The van der Waals surface area contributed by atoms with E-state index in [2.05, 4.69) is 5.32 Å². The highest BCUT2D eigenvalue weighted by Gasteiger charge is 2.39. The zero-order valence-corrected chi connectivity index (χ0v) is 13.3. The van der Waals surface area contributed by atoms with Crippen molar-refractivity contribution in [1.29, 1.82) is 0 Å². The molecule has 0 aliphatic carbocycles. The number of nitrogens with zero attached hydrogens (tertiary/aromatic N) is 1. The molecular weight excluding hydrogens is 334 g/mol. The lowest BCUT2D eigenvalue weighted by Crippen LogP contribution is -2.45. The Balaban J connectivity index is 2.52. The third kappa shape index (κ3) is 4.42. The lowest BCUT2D eigenvalue weighted by Gasteiger charge is -2.36. The van der Waals surface area contributed by atoms with Crippen LogP contribution in [0.15, 0.2) is 18.2 Å². The second-order valence-corrected chi connectivity index (χ2v) is 5.89. The maximum Gasteiger partial charge on any atom is 0.416 e. The summed E-state index contributed by atoms with van der Waals surface area (Å²) in [5.41, 5.74) is -2.30. The normalized spacial score (nSPS) is 18.6. The van der Waals surface area contributed by atoms with E-state index in [4.69, 9.17) is 0 Å². The number of benzene rings is 1. The summed E-state index contributed by atoms with van der Waals surface area (Å²) in [7, 11) is 0. The molecule has 2 nitrogen and oxygen atoms in total. The van der Waals surface area contributed by atoms with Crippen molar-refractivity contribution in [3.05, 3.63) is 34.9 Å². The van der Waals surface area contributed by atoms with Gasteiger partial charge in [-0.1, -0.05) is 13.3 Å². The molecule has 1 saturated heterocycles. The fourth-order valence-electron chi connectivity index (χ4n) is 3.07. The van der Waals surface area contributed by atoms with Gasteiger partial charge in [0.25, 0.3) is 0 Å². The predicted molar refractivity (Wildman–Crippen MR) is 78.5 cm³/mol. The van der Waals surface area contributed by atoms with E-state index in [1.54, 1.807) is 0 Å². The van der Waals surface area contributed by atoms with Crippen LogP contribution in [0.1, 0.15) is 42.5 Å². The van der Waals surface area contributed by atoms with Gasteiger partial charge < -0.3 is 5.32 Å². The van der Waals surface area contributed by atoms with Crippen LogP contribution in [0.5, 0.6) is 0 Å². The summed E-state index contributed by atoms with van der Waals surface area (Å²) in [6.07, 6.45) is -8.38. The molecule has 1 atom stereocenters. The standard InChI is InChI=1S/C16H20F6N2/c1-2-3-14(24-8-6-23-7-9-24)12-10-11(15(17,18)19)4-5-13(12)16(20,21)22/h4-5,10,14,23H,2-3,6-9H2,1H3/t14-/m1/s1. The monoisotopic (exact) mass is 354 g/mol. The Hall–Kier alpha value is -1.28. The van der Waals surface area contributed by atoms with Gasteiger partial charge in [-0.3, -0.25) is 4.90 Å². The average molecular weight is 354 g/mol. The van der Waals surface area contributed by atoms with E-state index in [0.717, 1.165) is 0 Å². The van der Waals surface area contributed by atoms with Crippen LogP contribution in [-0.4, -0.2) is 31.1 Å². The molecule has 0 saturated carbocycles. The van der Waals surface area contributed by atoms with Gasteiger partial charge in [0.2, 0.25) is 0 Å². The molecule has 0 unspecified atom stereocenters. The predicted octanol–water partition coefficient (Wildman–Crippen LogP) is 4.47. The summed E-state index contributed by atoms with van der Waals surface area (Å²) in [4.78, 5) is 1.84. The quantitative estimate of drug-likeness (QED) is 0.803. The van der Waals surface area contributed by atoms with E-state index in [9.17, 15) is 26.3 Å². The minimum Gasteiger partial charge on any atom is -0.314 e. The van der Waals surface area contributed by atoms with Crippen molar-refractivity contribution in [2.24, 2.45) is 0 Å². The maximum atomic E-state index is 13.3. The van der Waals surface area contributed by atoms with E-state index >= 15 is 0 Å². The van der Waals surface area contributed by atoms with Crippen LogP contribution in [0, 0.1) is 0 Å². The maximum absolute atomic E-state index is 13.3. The van der Waals surface area contributed by atoms with Crippen LogP contribution >= 0.6 is 0 Å². The Morgan fingerprint density at radius 2 is 1.67 bits per heavy atom. The van der Waals surface area contributed by atoms with Crippen molar-refractivity contribution in [1.82, 2.24) is 10.2 Å². The summed E-state index contributed by atoms with van der Waals surface area (Å²) in [6.45, 7) is 4.06. The second-order valence-electron chi connectivity index (χ2n) is 5.89. The van der Waals surface area contributed by atoms with Crippen LogP contribution in [0.25, 0.3) is 0 Å². The summed E-state index contributed by atoms with van der Waals surface area (Å²) < 4.78 is 78.9. The van der Waals surface area contributed by atoms with Crippen molar-refractivity contribution in [3.8, 4) is 0 Å². The van der Waals surface area contributed by atoms with E-state index in [-0.39, 0.29) is 5.56 Å². The lowest BCUT2D eigenvalue weighted by molar-refractivity contribution is -0.142. The van der Waals surface area contributed by atoms with Gasteiger partial charge in [0.1, 0.15) is 0 Å². The molecule has 1 N–H and O–H groups in total. The SMILES string of the molecule is CCC[C@H](c1cc(C(F)(F)F)ccc1C(F)(F)F)N1CCNCC1. The zero-order valence-electron chi connectivity index (χ0n) is 13.3. The van der Waals surface area contributed by atoms with E-state index in [1.807, 2.05) is 11.8 Å². The summed E-state index contributed by atoms with van der Waals surface area (Å²) >= 11 is 0. The minimum absolute atomic E-state index is 0.277. The largest absolute Gasteiger partial charge is 0.416 e. The molecule has 0 bridgehead atoms. The van der Waals surface area contributed by atoms with E-state index < -0.39 is 29.5 Å². The van der Waals surface area contributed by atoms with E-state index in [1.165, 1.54) is 0 Å².